The molecule has 4 aromatic rings. The van der Waals surface area contributed by atoms with Crippen molar-refractivity contribution in [2.45, 2.75) is 17.0 Å². The van der Waals surface area contributed by atoms with Crippen LogP contribution in [0, 0.1) is 6.92 Å². The molecule has 2 aromatic heterocycles. The zero-order valence-corrected chi connectivity index (χ0v) is 18.8. The third-order valence-corrected chi connectivity index (χ3v) is 6.27. The molecule has 2 heterocycles. The van der Waals surface area contributed by atoms with E-state index in [-0.39, 0.29) is 11.7 Å². The number of thioether (sulfide) groups is 2. The van der Waals surface area contributed by atoms with Crippen molar-refractivity contribution in [3.63, 3.8) is 0 Å². The third kappa shape index (κ3) is 4.98. The number of benzene rings is 2. The Morgan fingerprint density at radius 2 is 1.84 bits per heavy atom. The molecule has 156 valence electrons. The summed E-state index contributed by atoms with van der Waals surface area (Å²) in [7, 11) is 0. The van der Waals surface area contributed by atoms with Gasteiger partial charge in [-0.05, 0) is 55.1 Å². The van der Waals surface area contributed by atoms with Crippen LogP contribution < -0.4 is 5.32 Å². The Morgan fingerprint density at radius 3 is 2.61 bits per heavy atom. The number of aromatic nitrogens is 4. The van der Waals surface area contributed by atoms with Gasteiger partial charge in [0, 0.05) is 28.5 Å². The van der Waals surface area contributed by atoms with E-state index in [9.17, 15) is 4.79 Å². The number of anilines is 1. The van der Waals surface area contributed by atoms with Gasteiger partial charge in [0.2, 0.25) is 5.91 Å². The second kappa shape index (κ2) is 9.80. The van der Waals surface area contributed by atoms with Crippen molar-refractivity contribution in [3.05, 3.63) is 78.6 Å². The van der Waals surface area contributed by atoms with E-state index in [0.29, 0.717) is 11.0 Å². The fraction of sp³-hybridized carbons (Fsp3) is 0.130. The Kier molecular flexibility index (Phi) is 6.69. The summed E-state index contributed by atoms with van der Waals surface area (Å²) in [6.07, 6.45) is 5.47. The van der Waals surface area contributed by atoms with Gasteiger partial charge in [0.25, 0.3) is 0 Å². The number of carbonyl (C=O) groups excluding carboxylic acids is 1. The van der Waals surface area contributed by atoms with Crippen molar-refractivity contribution < 1.29 is 4.79 Å². The molecule has 0 spiro atoms. The number of aryl methyl sites for hydroxylation is 1. The molecule has 8 heteroatoms. The second-order valence-electron chi connectivity index (χ2n) is 6.73. The number of nitrogens with zero attached hydrogens (tertiary/aromatic N) is 4. The van der Waals surface area contributed by atoms with Crippen molar-refractivity contribution in [2.24, 2.45) is 0 Å². The van der Waals surface area contributed by atoms with Crippen LogP contribution in [-0.2, 0) is 4.79 Å². The standard InChI is InChI=1S/C23H21N5OS2/c1-16-6-3-4-9-20(16)28-22(17-10-12-24-13-11-17)26-27-23(28)31-15-21(29)25-18-7-5-8-19(14-18)30-2/h3-14H,15H2,1-2H3,(H,25,29). The predicted octanol–water partition coefficient (Wildman–Crippen LogP) is 5.09. The van der Waals surface area contributed by atoms with Crippen molar-refractivity contribution in [1.29, 1.82) is 0 Å². The SMILES string of the molecule is CSc1cccc(NC(=O)CSc2nnc(-c3ccncc3)n2-c2ccccc2C)c1. The van der Waals surface area contributed by atoms with Crippen LogP contribution in [0.4, 0.5) is 5.69 Å². The van der Waals surface area contributed by atoms with E-state index in [0.717, 1.165) is 27.4 Å². The molecule has 0 aliphatic heterocycles. The molecule has 0 radical (unpaired) electrons. The molecule has 0 saturated heterocycles. The Labute approximate surface area is 189 Å². The Balaban J connectivity index is 1.59. The highest BCUT2D eigenvalue weighted by molar-refractivity contribution is 7.99. The minimum atomic E-state index is -0.0898. The zero-order valence-electron chi connectivity index (χ0n) is 17.1. The minimum absolute atomic E-state index is 0.0898. The first-order chi connectivity index (χ1) is 15.2. The summed E-state index contributed by atoms with van der Waals surface area (Å²) in [6, 6.07) is 19.7. The highest BCUT2D eigenvalue weighted by Gasteiger charge is 2.18. The number of amides is 1. The molecule has 0 atom stereocenters. The normalized spacial score (nSPS) is 10.8. The molecule has 1 N–H and O–H groups in total. The number of pyridine rings is 1. The van der Waals surface area contributed by atoms with E-state index >= 15 is 0 Å². The molecular formula is C23H21N5OS2. The summed E-state index contributed by atoms with van der Waals surface area (Å²) in [5.41, 5.74) is 3.78. The van der Waals surface area contributed by atoms with E-state index in [1.165, 1.54) is 11.8 Å². The van der Waals surface area contributed by atoms with Crippen LogP contribution in [0.2, 0.25) is 0 Å². The van der Waals surface area contributed by atoms with Gasteiger partial charge in [0.05, 0.1) is 11.4 Å². The molecule has 1 amide bonds. The summed E-state index contributed by atoms with van der Waals surface area (Å²) in [5, 5.41) is 12.4. The smallest absolute Gasteiger partial charge is 0.234 e. The lowest BCUT2D eigenvalue weighted by Crippen LogP contribution is -2.14. The zero-order chi connectivity index (χ0) is 21.6. The van der Waals surface area contributed by atoms with Crippen molar-refractivity contribution in [2.75, 3.05) is 17.3 Å². The molecule has 6 nitrogen and oxygen atoms in total. The molecule has 0 saturated carbocycles. The first-order valence-corrected chi connectivity index (χ1v) is 11.9. The second-order valence-corrected chi connectivity index (χ2v) is 8.55. The van der Waals surface area contributed by atoms with Crippen molar-refractivity contribution >= 4 is 35.1 Å². The summed E-state index contributed by atoms with van der Waals surface area (Å²) in [4.78, 5) is 17.8. The minimum Gasteiger partial charge on any atom is -0.325 e. The van der Waals surface area contributed by atoms with E-state index in [1.54, 1.807) is 24.2 Å². The number of para-hydroxylation sites is 1. The molecule has 0 aliphatic rings. The summed E-state index contributed by atoms with van der Waals surface area (Å²) >= 11 is 3.00. The van der Waals surface area contributed by atoms with Crippen molar-refractivity contribution in [1.82, 2.24) is 19.7 Å². The van der Waals surface area contributed by atoms with Crippen LogP contribution in [0.25, 0.3) is 17.1 Å². The topological polar surface area (TPSA) is 72.7 Å². The average molecular weight is 448 g/mol. The average Bonchev–Trinajstić information content (AvgIpc) is 3.22. The quantitative estimate of drug-likeness (QED) is 0.398. The van der Waals surface area contributed by atoms with Gasteiger partial charge in [-0.1, -0.05) is 36.0 Å². The van der Waals surface area contributed by atoms with Crippen LogP contribution >= 0.6 is 23.5 Å². The maximum absolute atomic E-state index is 12.6. The Morgan fingerprint density at radius 1 is 1.03 bits per heavy atom. The lowest BCUT2D eigenvalue weighted by atomic mass is 10.2. The van der Waals surface area contributed by atoms with Crippen LogP contribution in [0.15, 0.2) is 83.1 Å². The van der Waals surface area contributed by atoms with Gasteiger partial charge >= 0.3 is 0 Å². The lowest BCUT2D eigenvalue weighted by molar-refractivity contribution is -0.113. The molecule has 0 fully saturated rings. The first-order valence-electron chi connectivity index (χ1n) is 9.64. The molecule has 2 aromatic carbocycles. The summed E-state index contributed by atoms with van der Waals surface area (Å²) < 4.78 is 2.00. The monoisotopic (exact) mass is 447 g/mol. The lowest BCUT2D eigenvalue weighted by Gasteiger charge is -2.13. The first kappa shape index (κ1) is 21.1. The van der Waals surface area contributed by atoms with Gasteiger partial charge in [0.1, 0.15) is 0 Å². The van der Waals surface area contributed by atoms with Crippen LogP contribution in [0.3, 0.4) is 0 Å². The molecule has 4 rings (SSSR count). The highest BCUT2D eigenvalue weighted by atomic mass is 32.2. The molecule has 0 aliphatic carbocycles. The van der Waals surface area contributed by atoms with Gasteiger partial charge in [-0.2, -0.15) is 0 Å². The van der Waals surface area contributed by atoms with Crippen molar-refractivity contribution in [3.8, 4) is 17.1 Å². The Bertz CT molecular complexity index is 1190. The van der Waals surface area contributed by atoms with Crippen LogP contribution in [-0.4, -0.2) is 37.7 Å². The fourth-order valence-electron chi connectivity index (χ4n) is 3.11. The largest absolute Gasteiger partial charge is 0.325 e. The predicted molar refractivity (Wildman–Crippen MR) is 127 cm³/mol. The molecule has 0 unspecified atom stereocenters. The Hall–Kier alpha value is -3.10. The van der Waals surface area contributed by atoms with Gasteiger partial charge < -0.3 is 5.32 Å². The molecule has 31 heavy (non-hydrogen) atoms. The van der Waals surface area contributed by atoms with E-state index in [1.807, 2.05) is 78.4 Å². The highest BCUT2D eigenvalue weighted by Crippen LogP contribution is 2.29. The number of rotatable bonds is 7. The number of carbonyl (C=O) groups is 1. The number of hydrogen-bond acceptors (Lipinski definition) is 6. The van der Waals surface area contributed by atoms with Gasteiger partial charge in [0.15, 0.2) is 11.0 Å². The van der Waals surface area contributed by atoms with Gasteiger partial charge in [-0.25, -0.2) is 0 Å². The number of nitrogens with one attached hydrogen (secondary N) is 1. The molecule has 0 bridgehead atoms. The van der Waals surface area contributed by atoms with Gasteiger partial charge in [-0.15, -0.1) is 22.0 Å². The maximum Gasteiger partial charge on any atom is 0.234 e. The van der Waals surface area contributed by atoms with E-state index in [4.69, 9.17) is 0 Å². The molecular weight excluding hydrogens is 426 g/mol. The van der Waals surface area contributed by atoms with Crippen LogP contribution in [0.1, 0.15) is 5.56 Å². The van der Waals surface area contributed by atoms with Gasteiger partial charge in [-0.3, -0.25) is 14.3 Å². The summed E-state index contributed by atoms with van der Waals surface area (Å²) in [5.74, 6) is 0.851. The van der Waals surface area contributed by atoms with E-state index in [2.05, 4.69) is 20.5 Å². The number of hydrogen-bond donors (Lipinski definition) is 1. The van der Waals surface area contributed by atoms with E-state index < -0.39 is 0 Å². The van der Waals surface area contributed by atoms with Crippen LogP contribution in [0.5, 0.6) is 0 Å². The summed E-state index contributed by atoms with van der Waals surface area (Å²) in [6.45, 7) is 2.05. The third-order valence-electron chi connectivity index (χ3n) is 4.61. The maximum atomic E-state index is 12.6. The fourth-order valence-corrected chi connectivity index (χ4v) is 4.32.